The summed E-state index contributed by atoms with van der Waals surface area (Å²) in [6.07, 6.45) is 0. The number of hydrogen-bond donors (Lipinski definition) is 1. The van der Waals surface area contributed by atoms with Crippen LogP contribution in [0.15, 0.2) is 42.5 Å². The smallest absolute Gasteiger partial charge is 0.230 e. The van der Waals surface area contributed by atoms with Crippen LogP contribution in [0, 0.1) is 0 Å². The van der Waals surface area contributed by atoms with E-state index < -0.39 is 0 Å². The lowest BCUT2D eigenvalue weighted by atomic mass is 10.1. The van der Waals surface area contributed by atoms with E-state index in [4.69, 9.17) is 9.47 Å². The summed E-state index contributed by atoms with van der Waals surface area (Å²) in [4.78, 5) is 23.6. The number of methoxy groups -OCH3 is 2. The third kappa shape index (κ3) is 5.52. The van der Waals surface area contributed by atoms with Crippen LogP contribution in [0.1, 0.15) is 28.4 Å². The summed E-state index contributed by atoms with van der Waals surface area (Å²) in [5.74, 6) is 2.34. The minimum atomic E-state index is -0.0532. The molecule has 0 heterocycles. The summed E-state index contributed by atoms with van der Waals surface area (Å²) < 4.78 is 10.6. The molecule has 0 unspecified atom stereocenters. The first-order valence-electron chi connectivity index (χ1n) is 8.19. The van der Waals surface area contributed by atoms with Crippen molar-refractivity contribution < 1.29 is 19.1 Å². The van der Waals surface area contributed by atoms with Crippen molar-refractivity contribution in [2.45, 2.75) is 19.2 Å². The highest BCUT2D eigenvalue weighted by molar-refractivity contribution is 7.99. The monoisotopic (exact) mass is 373 g/mol. The van der Waals surface area contributed by atoms with Gasteiger partial charge in [0.1, 0.15) is 11.5 Å². The van der Waals surface area contributed by atoms with E-state index in [9.17, 15) is 9.59 Å². The Labute approximate surface area is 158 Å². The van der Waals surface area contributed by atoms with Gasteiger partial charge in [0.25, 0.3) is 0 Å². The van der Waals surface area contributed by atoms with E-state index in [1.54, 1.807) is 26.4 Å². The number of carbonyl (C=O) groups excluding carboxylic acids is 2. The second-order valence-corrected chi connectivity index (χ2v) is 6.65. The lowest BCUT2D eigenvalue weighted by Gasteiger charge is -2.11. The van der Waals surface area contributed by atoms with Crippen molar-refractivity contribution in [3.05, 3.63) is 59.2 Å². The number of hydrogen-bond acceptors (Lipinski definition) is 5. The summed E-state index contributed by atoms with van der Waals surface area (Å²) in [7, 11) is 3.20. The zero-order valence-electron chi connectivity index (χ0n) is 15.2. The first kappa shape index (κ1) is 19.8. The summed E-state index contributed by atoms with van der Waals surface area (Å²) in [6, 6.07) is 12.9. The van der Waals surface area contributed by atoms with Crippen molar-refractivity contribution in [2.75, 3.05) is 20.0 Å². The molecule has 0 aliphatic carbocycles. The van der Waals surface area contributed by atoms with Gasteiger partial charge in [-0.2, -0.15) is 0 Å². The zero-order valence-corrected chi connectivity index (χ0v) is 16.0. The van der Waals surface area contributed by atoms with E-state index in [0.29, 0.717) is 23.6 Å². The molecule has 0 spiro atoms. The molecular formula is C20H23NO4S. The maximum absolute atomic E-state index is 12.1. The number of Topliss-reactive ketones (excluding diaryl/α,β-unsaturated/α-hetero) is 1. The summed E-state index contributed by atoms with van der Waals surface area (Å²) in [5.41, 5.74) is 2.48. The molecule has 6 heteroatoms. The van der Waals surface area contributed by atoms with E-state index in [2.05, 4.69) is 5.32 Å². The molecule has 5 nitrogen and oxygen atoms in total. The molecule has 0 aliphatic rings. The number of carbonyl (C=O) groups is 2. The van der Waals surface area contributed by atoms with Gasteiger partial charge < -0.3 is 14.8 Å². The van der Waals surface area contributed by atoms with Crippen LogP contribution in [0.5, 0.6) is 11.5 Å². The van der Waals surface area contributed by atoms with Crippen molar-refractivity contribution in [3.8, 4) is 11.5 Å². The Hall–Kier alpha value is -2.47. The number of para-hydroxylation sites is 1. The van der Waals surface area contributed by atoms with E-state index in [1.165, 1.54) is 18.7 Å². The number of benzene rings is 2. The molecule has 0 saturated heterocycles. The fraction of sp³-hybridized carbons (Fsp3) is 0.300. The van der Waals surface area contributed by atoms with Gasteiger partial charge in [-0.1, -0.05) is 18.2 Å². The molecular weight excluding hydrogens is 350 g/mol. The molecule has 26 heavy (non-hydrogen) atoms. The van der Waals surface area contributed by atoms with Crippen molar-refractivity contribution >= 4 is 23.5 Å². The minimum Gasteiger partial charge on any atom is -0.496 e. The van der Waals surface area contributed by atoms with Crippen molar-refractivity contribution in [1.82, 2.24) is 5.32 Å². The standard InChI is InChI=1S/C20H23NO4S/c1-14(22)15-8-9-19(25-3)17(10-15)12-26-13-20(23)21-11-16-6-4-5-7-18(16)24-2/h4-10H,11-13H2,1-3H3,(H,21,23). The lowest BCUT2D eigenvalue weighted by Crippen LogP contribution is -2.24. The minimum absolute atomic E-state index is 0.00783. The van der Waals surface area contributed by atoms with Gasteiger partial charge in [-0.3, -0.25) is 9.59 Å². The number of ether oxygens (including phenoxy) is 2. The van der Waals surface area contributed by atoms with Crippen LogP contribution in [0.3, 0.4) is 0 Å². The average molecular weight is 373 g/mol. The zero-order chi connectivity index (χ0) is 18.9. The van der Waals surface area contributed by atoms with Crippen molar-refractivity contribution in [1.29, 1.82) is 0 Å². The number of ketones is 1. The average Bonchev–Trinajstić information content (AvgIpc) is 2.66. The van der Waals surface area contributed by atoms with Gasteiger partial charge in [-0.25, -0.2) is 0 Å². The predicted molar refractivity (Wildman–Crippen MR) is 104 cm³/mol. The van der Waals surface area contributed by atoms with Gasteiger partial charge in [-0.05, 0) is 31.2 Å². The second-order valence-electron chi connectivity index (χ2n) is 5.66. The summed E-state index contributed by atoms with van der Waals surface area (Å²) in [6.45, 7) is 1.95. The summed E-state index contributed by atoms with van der Waals surface area (Å²) in [5, 5.41) is 2.89. The second kappa shape index (κ2) is 9.87. The van der Waals surface area contributed by atoms with Crippen molar-refractivity contribution in [2.24, 2.45) is 0 Å². The molecule has 0 radical (unpaired) electrons. The number of rotatable bonds is 9. The van der Waals surface area contributed by atoms with Gasteiger partial charge in [0.05, 0.1) is 20.0 Å². The fourth-order valence-electron chi connectivity index (χ4n) is 2.46. The maximum atomic E-state index is 12.1. The quantitative estimate of drug-likeness (QED) is 0.682. The molecule has 2 rings (SSSR count). The highest BCUT2D eigenvalue weighted by Gasteiger charge is 2.09. The Bertz CT molecular complexity index is 776. The van der Waals surface area contributed by atoms with Crippen LogP contribution in [0.2, 0.25) is 0 Å². The van der Waals surface area contributed by atoms with Gasteiger partial charge >= 0.3 is 0 Å². The third-order valence-corrected chi connectivity index (χ3v) is 4.83. The molecule has 0 aliphatic heterocycles. The highest BCUT2D eigenvalue weighted by Crippen LogP contribution is 2.25. The molecule has 1 amide bonds. The van der Waals surface area contributed by atoms with Gasteiger partial charge in [0, 0.05) is 29.0 Å². The van der Waals surface area contributed by atoms with E-state index in [1.807, 2.05) is 30.3 Å². The normalized spacial score (nSPS) is 10.3. The van der Waals surface area contributed by atoms with Crippen LogP contribution < -0.4 is 14.8 Å². The SMILES string of the molecule is COc1ccccc1CNC(=O)CSCc1cc(C(C)=O)ccc1OC. The largest absolute Gasteiger partial charge is 0.496 e. The van der Waals surface area contributed by atoms with Crippen LogP contribution in [0.4, 0.5) is 0 Å². The first-order chi connectivity index (χ1) is 12.5. The third-order valence-electron chi connectivity index (χ3n) is 3.85. The topological polar surface area (TPSA) is 64.6 Å². The number of amides is 1. The fourth-order valence-corrected chi connectivity index (χ4v) is 3.29. The number of thioether (sulfide) groups is 1. The molecule has 0 atom stereocenters. The summed E-state index contributed by atoms with van der Waals surface area (Å²) >= 11 is 1.47. The van der Waals surface area contributed by atoms with Crippen LogP contribution >= 0.6 is 11.8 Å². The molecule has 138 valence electrons. The van der Waals surface area contributed by atoms with Gasteiger partial charge in [0.2, 0.25) is 5.91 Å². The predicted octanol–water partition coefficient (Wildman–Crippen LogP) is 3.46. The first-order valence-corrected chi connectivity index (χ1v) is 9.34. The van der Waals surface area contributed by atoms with Gasteiger partial charge in [0.15, 0.2) is 5.78 Å². The maximum Gasteiger partial charge on any atom is 0.230 e. The van der Waals surface area contributed by atoms with Crippen LogP contribution in [-0.2, 0) is 17.1 Å². The molecule has 2 aromatic carbocycles. The Balaban J connectivity index is 1.86. The lowest BCUT2D eigenvalue weighted by molar-refractivity contribution is -0.118. The molecule has 1 N–H and O–H groups in total. The highest BCUT2D eigenvalue weighted by atomic mass is 32.2. The molecule has 2 aromatic rings. The van der Waals surface area contributed by atoms with E-state index in [0.717, 1.165) is 22.6 Å². The van der Waals surface area contributed by atoms with Crippen LogP contribution in [0.25, 0.3) is 0 Å². The van der Waals surface area contributed by atoms with Gasteiger partial charge in [-0.15, -0.1) is 11.8 Å². The Kier molecular flexibility index (Phi) is 7.53. The Morgan fingerprint density at radius 2 is 1.69 bits per heavy atom. The van der Waals surface area contributed by atoms with E-state index in [-0.39, 0.29) is 11.7 Å². The Morgan fingerprint density at radius 1 is 1.00 bits per heavy atom. The Morgan fingerprint density at radius 3 is 2.38 bits per heavy atom. The molecule has 0 saturated carbocycles. The molecule has 0 fully saturated rings. The number of nitrogens with one attached hydrogen (secondary N) is 1. The van der Waals surface area contributed by atoms with E-state index >= 15 is 0 Å². The molecule has 0 bridgehead atoms. The van der Waals surface area contributed by atoms with Crippen LogP contribution in [-0.4, -0.2) is 31.7 Å². The van der Waals surface area contributed by atoms with Crippen molar-refractivity contribution in [3.63, 3.8) is 0 Å². The molecule has 0 aromatic heterocycles.